The Morgan fingerprint density at radius 3 is 2.10 bits per heavy atom. The van der Waals surface area contributed by atoms with Crippen LogP contribution in [0.1, 0.15) is 116 Å². The number of likely N-dealkylation sites (tertiary alicyclic amines) is 1. The molecule has 1 N–H and O–H groups in total. The van der Waals surface area contributed by atoms with Gasteiger partial charge < -0.3 is 10.2 Å². The summed E-state index contributed by atoms with van der Waals surface area (Å²) in [7, 11) is 0. The fraction of sp³-hybridized carbons (Fsp3) is 0.765. The van der Waals surface area contributed by atoms with Crippen LogP contribution in [0.15, 0.2) is 18.2 Å². The lowest BCUT2D eigenvalue weighted by Crippen LogP contribution is -2.57. The first kappa shape index (κ1) is 29.1. The van der Waals surface area contributed by atoms with Crippen molar-refractivity contribution in [3.8, 4) is 0 Å². The summed E-state index contributed by atoms with van der Waals surface area (Å²) in [5.41, 5.74) is -0.247. The molecule has 226 valence electrons. The molecule has 5 fully saturated rings. The van der Waals surface area contributed by atoms with Gasteiger partial charge in [-0.1, -0.05) is 25.3 Å². The van der Waals surface area contributed by atoms with E-state index >= 15 is 4.39 Å². The number of benzene rings is 1. The average Bonchev–Trinajstić information content (AvgIpc) is 3.66. The van der Waals surface area contributed by atoms with Gasteiger partial charge in [-0.3, -0.25) is 14.5 Å². The normalized spacial score (nSPS) is 32.4. The van der Waals surface area contributed by atoms with Crippen molar-refractivity contribution in [1.82, 2.24) is 15.1 Å². The molecule has 3 heterocycles. The van der Waals surface area contributed by atoms with Crippen molar-refractivity contribution in [2.24, 2.45) is 17.3 Å². The van der Waals surface area contributed by atoms with Gasteiger partial charge in [0, 0.05) is 48.7 Å². The Morgan fingerprint density at radius 1 is 0.878 bits per heavy atom. The van der Waals surface area contributed by atoms with Crippen molar-refractivity contribution >= 4 is 11.8 Å². The first-order valence-corrected chi connectivity index (χ1v) is 16.4. The fourth-order valence-corrected chi connectivity index (χ4v) is 9.52. The van der Waals surface area contributed by atoms with Crippen LogP contribution in [-0.4, -0.2) is 58.4 Å². The third kappa shape index (κ3) is 5.57. The molecule has 1 aromatic rings. The minimum Gasteiger partial charge on any atom is -0.351 e. The number of carbonyl (C=O) groups is 2. The van der Waals surface area contributed by atoms with Gasteiger partial charge in [-0.15, -0.1) is 0 Å². The quantitative estimate of drug-likeness (QED) is 0.437. The molecule has 5 aliphatic rings. The summed E-state index contributed by atoms with van der Waals surface area (Å²) in [4.78, 5) is 32.8. The molecular formula is C34H49F2N3O2. The van der Waals surface area contributed by atoms with Crippen LogP contribution in [-0.2, 0) is 9.59 Å². The van der Waals surface area contributed by atoms with Gasteiger partial charge in [-0.05, 0) is 108 Å². The number of rotatable bonds is 5. The highest BCUT2D eigenvalue weighted by Crippen LogP contribution is 2.51. The number of amides is 2. The topological polar surface area (TPSA) is 52.7 Å². The number of nitrogens with one attached hydrogen (secondary N) is 1. The zero-order valence-corrected chi connectivity index (χ0v) is 25.3. The third-order valence-corrected chi connectivity index (χ3v) is 11.4. The smallest absolute Gasteiger partial charge is 0.227 e. The van der Waals surface area contributed by atoms with Gasteiger partial charge >= 0.3 is 0 Å². The first-order chi connectivity index (χ1) is 19.6. The Kier molecular flexibility index (Phi) is 7.97. The highest BCUT2D eigenvalue weighted by Gasteiger charge is 2.52. The molecular weight excluding hydrogens is 520 g/mol. The molecule has 0 aromatic heterocycles. The van der Waals surface area contributed by atoms with Crippen molar-refractivity contribution < 1.29 is 18.4 Å². The Morgan fingerprint density at radius 2 is 1.51 bits per heavy atom. The van der Waals surface area contributed by atoms with Crippen LogP contribution in [0.2, 0.25) is 0 Å². The number of halogens is 2. The van der Waals surface area contributed by atoms with E-state index in [1.54, 1.807) is 6.07 Å². The van der Waals surface area contributed by atoms with E-state index in [4.69, 9.17) is 0 Å². The molecule has 3 aliphatic heterocycles. The maximum atomic E-state index is 15.2. The van der Waals surface area contributed by atoms with Crippen LogP contribution < -0.4 is 5.32 Å². The maximum absolute atomic E-state index is 15.2. The van der Waals surface area contributed by atoms with E-state index in [0.29, 0.717) is 49.5 Å². The number of hydrogen-bond acceptors (Lipinski definition) is 3. The van der Waals surface area contributed by atoms with Gasteiger partial charge in [-0.25, -0.2) is 8.78 Å². The molecule has 0 spiro atoms. The molecule has 3 atom stereocenters. The van der Waals surface area contributed by atoms with Crippen LogP contribution in [0.5, 0.6) is 0 Å². The summed E-state index contributed by atoms with van der Waals surface area (Å²) in [5, 5.41) is 3.30. The summed E-state index contributed by atoms with van der Waals surface area (Å²) in [6, 6.07) is 5.31. The van der Waals surface area contributed by atoms with E-state index in [1.807, 2.05) is 25.7 Å². The van der Waals surface area contributed by atoms with Crippen LogP contribution in [0.4, 0.5) is 8.78 Å². The monoisotopic (exact) mass is 569 g/mol. The van der Waals surface area contributed by atoms with E-state index in [9.17, 15) is 14.0 Å². The van der Waals surface area contributed by atoms with Gasteiger partial charge in [0.25, 0.3) is 0 Å². The van der Waals surface area contributed by atoms with E-state index in [2.05, 4.69) is 10.2 Å². The third-order valence-electron chi connectivity index (χ3n) is 11.4. The summed E-state index contributed by atoms with van der Waals surface area (Å²) >= 11 is 0. The average molecular weight is 570 g/mol. The van der Waals surface area contributed by atoms with Crippen molar-refractivity contribution in [3.05, 3.63) is 35.4 Å². The Hall–Kier alpha value is -2.02. The Balaban J connectivity index is 1.22. The van der Waals surface area contributed by atoms with Gasteiger partial charge in [0.2, 0.25) is 11.8 Å². The first-order valence-electron chi connectivity index (χ1n) is 16.4. The van der Waals surface area contributed by atoms with Crippen molar-refractivity contribution in [2.45, 2.75) is 134 Å². The molecule has 7 heteroatoms. The molecule has 41 heavy (non-hydrogen) atoms. The predicted octanol–water partition coefficient (Wildman–Crippen LogP) is 6.56. The van der Waals surface area contributed by atoms with Gasteiger partial charge in [0.15, 0.2) is 0 Å². The van der Waals surface area contributed by atoms with Crippen molar-refractivity contribution in [1.29, 1.82) is 0 Å². The van der Waals surface area contributed by atoms with Gasteiger partial charge in [0.1, 0.15) is 11.6 Å². The van der Waals surface area contributed by atoms with Crippen LogP contribution in [0.3, 0.4) is 0 Å². The van der Waals surface area contributed by atoms with E-state index in [0.717, 1.165) is 31.7 Å². The van der Waals surface area contributed by atoms with Crippen LogP contribution >= 0.6 is 0 Å². The molecule has 2 bridgehead atoms. The second kappa shape index (κ2) is 11.2. The number of nitrogens with zero attached hydrogens (tertiary/aromatic N) is 2. The van der Waals surface area contributed by atoms with Gasteiger partial charge in [0.05, 0.1) is 5.41 Å². The summed E-state index contributed by atoms with van der Waals surface area (Å²) in [6.45, 7) is 7.26. The lowest BCUT2D eigenvalue weighted by atomic mass is 9.63. The number of hydrogen-bond donors (Lipinski definition) is 1. The summed E-state index contributed by atoms with van der Waals surface area (Å²) in [5.74, 6) is -1.07. The maximum Gasteiger partial charge on any atom is 0.227 e. The second-order valence-electron chi connectivity index (χ2n) is 14.9. The fourth-order valence-electron chi connectivity index (χ4n) is 9.52. The Labute approximate surface area is 244 Å². The molecule has 6 rings (SSSR count). The molecule has 2 amide bonds. The molecule has 2 saturated carbocycles. The molecule has 3 saturated heterocycles. The lowest BCUT2D eigenvalue weighted by Gasteiger charge is -2.48. The van der Waals surface area contributed by atoms with E-state index in [-0.39, 0.29) is 35.2 Å². The largest absolute Gasteiger partial charge is 0.351 e. The van der Waals surface area contributed by atoms with E-state index < -0.39 is 17.0 Å². The van der Waals surface area contributed by atoms with Crippen LogP contribution in [0, 0.1) is 28.9 Å². The summed E-state index contributed by atoms with van der Waals surface area (Å²) in [6.07, 6.45) is 13.5. The van der Waals surface area contributed by atoms with Gasteiger partial charge in [-0.2, -0.15) is 0 Å². The van der Waals surface area contributed by atoms with Crippen molar-refractivity contribution in [3.63, 3.8) is 0 Å². The lowest BCUT2D eigenvalue weighted by molar-refractivity contribution is -0.148. The highest BCUT2D eigenvalue weighted by molar-refractivity contribution is 5.85. The predicted molar refractivity (Wildman–Crippen MR) is 156 cm³/mol. The minimum absolute atomic E-state index is 0.0984. The molecule has 1 aromatic carbocycles. The standard InChI is InChI=1S/C34H49F2N3O2/c1-33(2,3)37-32(41)34(22-7-5-4-6-8-22)15-17-38(18-16-34)31(40)29-21-26(39-24-10-11-25(39)13-12-24)20-28(29)27-14-9-23(35)19-30(27)36/h9,14,19,22,24-26,28-29H,4-8,10-13,15-18,20-21H2,1-3H3,(H,37,41)/t24?,25?,26?,28-,29+/m0/s1. The van der Waals surface area contributed by atoms with Crippen LogP contribution in [0.25, 0.3) is 0 Å². The zero-order valence-electron chi connectivity index (χ0n) is 25.3. The number of carbonyl (C=O) groups excluding carboxylic acids is 2. The minimum atomic E-state index is -0.579. The molecule has 5 nitrogen and oxygen atoms in total. The number of piperidine rings is 1. The molecule has 2 aliphatic carbocycles. The Bertz CT molecular complexity index is 1120. The van der Waals surface area contributed by atoms with E-state index in [1.165, 1.54) is 51.0 Å². The van der Waals surface area contributed by atoms with Crippen molar-refractivity contribution in [2.75, 3.05) is 13.1 Å². The zero-order chi connectivity index (χ0) is 28.9. The summed E-state index contributed by atoms with van der Waals surface area (Å²) < 4.78 is 29.0. The second-order valence-corrected chi connectivity index (χ2v) is 14.9. The molecule has 1 unspecified atom stereocenters. The SMILES string of the molecule is CC(C)(C)NC(=O)C1(C2CCCCC2)CCN(C(=O)[C@@H]2CC(N3C4CCC3CC4)C[C@H]2c2ccc(F)cc2F)CC1. The number of fused-ring (bicyclic) bond motifs is 2. The molecule has 0 radical (unpaired) electrons. The highest BCUT2D eigenvalue weighted by atomic mass is 19.1.